The third-order valence-corrected chi connectivity index (χ3v) is 4.00. The lowest BCUT2D eigenvalue weighted by Crippen LogP contribution is -3.08. The molecule has 0 radical (unpaired) electrons. The van der Waals surface area contributed by atoms with Crippen molar-refractivity contribution in [3.63, 3.8) is 0 Å². The summed E-state index contributed by atoms with van der Waals surface area (Å²) < 4.78 is 18.1. The smallest absolute Gasteiger partial charge is 0.281 e. The number of hydrogen-bond acceptors (Lipinski definition) is 3. The van der Waals surface area contributed by atoms with E-state index in [9.17, 15) is 9.18 Å². The molecule has 0 bridgehead atoms. The highest BCUT2D eigenvalue weighted by Crippen LogP contribution is 2.21. The Morgan fingerprint density at radius 3 is 2.54 bits per heavy atom. The first-order chi connectivity index (χ1) is 12.5. The van der Waals surface area contributed by atoms with Gasteiger partial charge in [-0.25, -0.2) is 4.39 Å². The van der Waals surface area contributed by atoms with Crippen LogP contribution in [0.5, 0.6) is 0 Å². The van der Waals surface area contributed by atoms with Crippen LogP contribution in [0.3, 0.4) is 0 Å². The third kappa shape index (κ3) is 4.77. The van der Waals surface area contributed by atoms with Crippen LogP contribution in [0.25, 0.3) is 11.3 Å². The number of amides is 1. The van der Waals surface area contributed by atoms with Gasteiger partial charge in [0.25, 0.3) is 5.91 Å². The summed E-state index contributed by atoms with van der Waals surface area (Å²) in [5.74, 6) is -0.116. The molecule has 0 fully saturated rings. The Hall–Kier alpha value is -2.99. The zero-order valence-electron chi connectivity index (χ0n) is 14.8. The number of carbonyl (C=O) groups excluding carboxylic acids is 1. The van der Waals surface area contributed by atoms with Crippen LogP contribution in [-0.4, -0.2) is 24.7 Å². The Balaban J connectivity index is 1.54. The quantitative estimate of drug-likeness (QED) is 0.715. The van der Waals surface area contributed by atoms with Gasteiger partial charge in [0.15, 0.2) is 6.54 Å². The molecule has 0 aliphatic rings. The minimum Gasteiger partial charge on any atom is -0.338 e. The minimum absolute atomic E-state index is 0.170. The van der Waals surface area contributed by atoms with Crippen LogP contribution >= 0.6 is 0 Å². The summed E-state index contributed by atoms with van der Waals surface area (Å²) in [6.45, 7) is 2.90. The second-order valence-electron chi connectivity index (χ2n) is 6.43. The Bertz CT molecular complexity index is 873. The van der Waals surface area contributed by atoms with Gasteiger partial charge >= 0.3 is 0 Å². The van der Waals surface area contributed by atoms with E-state index in [1.807, 2.05) is 38.2 Å². The van der Waals surface area contributed by atoms with Crippen molar-refractivity contribution in [2.75, 3.05) is 18.9 Å². The van der Waals surface area contributed by atoms with E-state index in [0.29, 0.717) is 18.1 Å². The zero-order chi connectivity index (χ0) is 18.5. The minimum atomic E-state index is -0.265. The lowest BCUT2D eigenvalue weighted by atomic mass is 10.1. The van der Waals surface area contributed by atoms with Gasteiger partial charge < -0.3 is 9.42 Å². The fraction of sp³-hybridized carbons (Fsp3) is 0.200. The molecule has 0 saturated heterocycles. The molecule has 1 aromatic heterocycles. The Morgan fingerprint density at radius 2 is 1.85 bits per heavy atom. The number of rotatable bonds is 6. The first-order valence-electron chi connectivity index (χ1n) is 8.39. The normalized spacial score (nSPS) is 12.0. The summed E-state index contributed by atoms with van der Waals surface area (Å²) in [6, 6.07) is 15.9. The molecule has 5 nitrogen and oxygen atoms in total. The molecular weight excluding hydrogens is 333 g/mol. The number of benzene rings is 2. The molecule has 26 heavy (non-hydrogen) atoms. The van der Waals surface area contributed by atoms with Crippen molar-refractivity contribution < 1.29 is 18.6 Å². The van der Waals surface area contributed by atoms with E-state index in [4.69, 9.17) is 4.52 Å². The summed E-state index contributed by atoms with van der Waals surface area (Å²) in [6.07, 6.45) is 0. The van der Waals surface area contributed by atoms with Crippen molar-refractivity contribution in [2.24, 2.45) is 0 Å². The molecule has 6 heteroatoms. The number of nitrogens with zero attached hydrogens (tertiary/aromatic N) is 1. The van der Waals surface area contributed by atoms with E-state index in [1.165, 1.54) is 12.1 Å². The SMILES string of the molecule is Cc1ccc(-c2cc(NC(=O)C[NH+](C)Cc3ccc(F)cc3)on2)cc1. The van der Waals surface area contributed by atoms with Crippen LogP contribution in [-0.2, 0) is 11.3 Å². The number of quaternary nitrogens is 1. The number of carbonyl (C=O) groups is 1. The molecule has 2 aromatic carbocycles. The summed E-state index contributed by atoms with van der Waals surface area (Å²) in [4.78, 5) is 13.2. The highest BCUT2D eigenvalue weighted by Gasteiger charge is 2.14. The van der Waals surface area contributed by atoms with E-state index >= 15 is 0 Å². The van der Waals surface area contributed by atoms with Crippen LogP contribution < -0.4 is 10.2 Å². The van der Waals surface area contributed by atoms with Crippen molar-refractivity contribution in [1.29, 1.82) is 0 Å². The second-order valence-corrected chi connectivity index (χ2v) is 6.43. The van der Waals surface area contributed by atoms with Gasteiger partial charge in [-0.2, -0.15) is 0 Å². The van der Waals surface area contributed by atoms with Gasteiger partial charge in [-0.15, -0.1) is 0 Å². The zero-order valence-corrected chi connectivity index (χ0v) is 14.8. The van der Waals surface area contributed by atoms with E-state index in [1.54, 1.807) is 18.2 Å². The summed E-state index contributed by atoms with van der Waals surface area (Å²) in [5.41, 5.74) is 3.74. The topological polar surface area (TPSA) is 59.6 Å². The molecular formula is C20H21FN3O2+. The van der Waals surface area contributed by atoms with Gasteiger partial charge in [0.05, 0.1) is 7.05 Å². The lowest BCUT2D eigenvalue weighted by molar-refractivity contribution is -0.885. The van der Waals surface area contributed by atoms with Crippen molar-refractivity contribution in [3.05, 3.63) is 71.5 Å². The molecule has 0 saturated carbocycles. The molecule has 3 rings (SSSR count). The molecule has 134 valence electrons. The van der Waals surface area contributed by atoms with Crippen molar-refractivity contribution in [3.8, 4) is 11.3 Å². The molecule has 1 heterocycles. The maximum absolute atomic E-state index is 12.9. The number of aryl methyl sites for hydroxylation is 1. The van der Waals surface area contributed by atoms with E-state index in [0.717, 1.165) is 21.6 Å². The van der Waals surface area contributed by atoms with E-state index in [2.05, 4.69) is 10.5 Å². The van der Waals surface area contributed by atoms with Crippen LogP contribution in [0.15, 0.2) is 59.1 Å². The van der Waals surface area contributed by atoms with E-state index < -0.39 is 0 Å². The number of likely N-dealkylation sites (N-methyl/N-ethyl adjacent to an activating group) is 1. The number of aromatic nitrogens is 1. The molecule has 0 spiro atoms. The van der Waals surface area contributed by atoms with Gasteiger partial charge in [0.1, 0.15) is 18.1 Å². The van der Waals surface area contributed by atoms with Crippen LogP contribution in [0.1, 0.15) is 11.1 Å². The van der Waals surface area contributed by atoms with Crippen LogP contribution in [0, 0.1) is 12.7 Å². The molecule has 1 atom stereocenters. The number of nitrogens with one attached hydrogen (secondary N) is 2. The maximum atomic E-state index is 12.9. The summed E-state index contributed by atoms with van der Waals surface area (Å²) >= 11 is 0. The second kappa shape index (κ2) is 7.93. The number of hydrogen-bond donors (Lipinski definition) is 2. The average Bonchev–Trinajstić information content (AvgIpc) is 3.05. The summed E-state index contributed by atoms with van der Waals surface area (Å²) in [7, 11) is 1.90. The fourth-order valence-electron chi connectivity index (χ4n) is 2.66. The monoisotopic (exact) mass is 354 g/mol. The third-order valence-electron chi connectivity index (χ3n) is 4.00. The van der Waals surface area contributed by atoms with Gasteiger partial charge in [-0.1, -0.05) is 47.1 Å². The van der Waals surface area contributed by atoms with Gasteiger partial charge in [-0.3, -0.25) is 10.1 Å². The predicted octanol–water partition coefficient (Wildman–Crippen LogP) is 2.44. The molecule has 1 amide bonds. The predicted molar refractivity (Wildman–Crippen MR) is 97.2 cm³/mol. The van der Waals surface area contributed by atoms with Crippen LogP contribution in [0.2, 0.25) is 0 Å². The molecule has 0 aliphatic carbocycles. The first kappa shape index (κ1) is 17.8. The standard InChI is InChI=1S/C20H20FN3O2/c1-14-3-7-16(8-4-14)18-11-20(26-23-18)22-19(25)13-24(2)12-15-5-9-17(21)10-6-15/h3-11H,12-13H2,1-2H3,(H,22,25)/p+1. The lowest BCUT2D eigenvalue weighted by Gasteiger charge is -2.13. The number of anilines is 1. The molecule has 2 N–H and O–H groups in total. The van der Waals surface area contributed by atoms with Crippen molar-refractivity contribution in [1.82, 2.24) is 5.16 Å². The van der Waals surface area contributed by atoms with Gasteiger partial charge in [-0.05, 0) is 19.1 Å². The largest absolute Gasteiger partial charge is 0.338 e. The molecule has 0 aliphatic heterocycles. The average molecular weight is 354 g/mol. The van der Waals surface area contributed by atoms with Crippen molar-refractivity contribution >= 4 is 11.8 Å². The number of halogens is 1. The van der Waals surface area contributed by atoms with Crippen molar-refractivity contribution in [2.45, 2.75) is 13.5 Å². The molecule has 3 aromatic rings. The highest BCUT2D eigenvalue weighted by molar-refractivity contribution is 5.90. The molecule has 1 unspecified atom stereocenters. The Morgan fingerprint density at radius 1 is 1.15 bits per heavy atom. The fourth-order valence-corrected chi connectivity index (χ4v) is 2.66. The highest BCUT2D eigenvalue weighted by atomic mass is 19.1. The summed E-state index contributed by atoms with van der Waals surface area (Å²) in [5, 5.41) is 6.71. The van der Waals surface area contributed by atoms with Gasteiger partial charge in [0, 0.05) is 17.2 Å². The first-order valence-corrected chi connectivity index (χ1v) is 8.39. The Kier molecular flexibility index (Phi) is 5.43. The maximum Gasteiger partial charge on any atom is 0.281 e. The Labute approximate surface area is 151 Å². The van der Waals surface area contributed by atoms with Gasteiger partial charge in [0.2, 0.25) is 5.88 Å². The van der Waals surface area contributed by atoms with Crippen LogP contribution in [0.4, 0.5) is 10.3 Å². The van der Waals surface area contributed by atoms with E-state index in [-0.39, 0.29) is 18.3 Å².